The highest BCUT2D eigenvalue weighted by Crippen LogP contribution is 2.25. The summed E-state index contributed by atoms with van der Waals surface area (Å²) in [6, 6.07) is 20.9. The lowest BCUT2D eigenvalue weighted by molar-refractivity contribution is 0.674. The van der Waals surface area contributed by atoms with E-state index in [-0.39, 0.29) is 6.04 Å². The molecule has 0 radical (unpaired) electrons. The molecule has 1 heterocycles. The number of benzene rings is 2. The van der Waals surface area contributed by atoms with Crippen LogP contribution in [0.25, 0.3) is 0 Å². The van der Waals surface area contributed by atoms with Crippen LogP contribution in [0.1, 0.15) is 17.2 Å². The molecule has 0 N–H and O–H groups in total. The maximum absolute atomic E-state index is 3.91. The van der Waals surface area contributed by atoms with E-state index in [1.807, 2.05) is 16.7 Å². The van der Waals surface area contributed by atoms with Gasteiger partial charge in [0, 0.05) is 0 Å². The molecule has 0 amide bonds. The van der Waals surface area contributed by atoms with Gasteiger partial charge in [0.2, 0.25) is 0 Å². The van der Waals surface area contributed by atoms with Gasteiger partial charge in [0.1, 0.15) is 12.7 Å². The molecule has 0 bridgehead atoms. The van der Waals surface area contributed by atoms with Crippen LogP contribution >= 0.6 is 0 Å². The lowest BCUT2D eigenvalue weighted by atomic mass is 9.99. The van der Waals surface area contributed by atoms with Crippen LogP contribution in [0.5, 0.6) is 0 Å². The molecule has 0 aliphatic rings. The second kappa shape index (κ2) is 4.84. The Labute approximate surface area is 106 Å². The Morgan fingerprint density at radius 3 is 1.56 bits per heavy atom. The summed E-state index contributed by atoms with van der Waals surface area (Å²) in [5.41, 5.74) is 2.45. The second-order valence-corrected chi connectivity index (χ2v) is 4.13. The average Bonchev–Trinajstić information content (AvgIpc) is 2.95. The predicted octanol–water partition coefficient (Wildman–Crippen LogP) is 2.92. The highest BCUT2D eigenvalue weighted by atomic mass is 15.2. The molecular formula is C15H13N3. The van der Waals surface area contributed by atoms with E-state index in [9.17, 15) is 0 Å². The monoisotopic (exact) mass is 235 g/mol. The minimum absolute atomic E-state index is 0.127. The summed E-state index contributed by atoms with van der Waals surface area (Å²) in [5, 5.41) is 7.81. The number of nitrogens with zero attached hydrogens (tertiary/aromatic N) is 3. The Morgan fingerprint density at radius 2 is 1.11 bits per heavy atom. The van der Waals surface area contributed by atoms with E-state index in [1.54, 1.807) is 12.7 Å². The highest BCUT2D eigenvalue weighted by Gasteiger charge is 2.15. The standard InChI is InChI=1S/C15H13N3/c1-3-7-13(8-4-1)15(18-11-16-17-12-18)14-9-5-2-6-10-14/h1-12,15H. The molecular weight excluding hydrogens is 222 g/mol. The molecule has 0 fully saturated rings. The van der Waals surface area contributed by atoms with Crippen LogP contribution in [0.3, 0.4) is 0 Å². The summed E-state index contributed by atoms with van der Waals surface area (Å²) in [6.07, 6.45) is 3.51. The molecule has 0 aliphatic carbocycles. The molecule has 0 spiro atoms. The van der Waals surface area contributed by atoms with Crippen LogP contribution in [0, 0.1) is 0 Å². The number of hydrogen-bond acceptors (Lipinski definition) is 2. The Hall–Kier alpha value is -2.42. The van der Waals surface area contributed by atoms with Gasteiger partial charge in [0.25, 0.3) is 0 Å². The molecule has 3 rings (SSSR count). The highest BCUT2D eigenvalue weighted by molar-refractivity contribution is 5.32. The zero-order valence-electron chi connectivity index (χ0n) is 9.85. The molecule has 3 aromatic rings. The smallest absolute Gasteiger partial charge is 0.120 e. The minimum atomic E-state index is 0.127. The van der Waals surface area contributed by atoms with E-state index in [0.717, 1.165) is 0 Å². The Bertz CT molecular complexity index is 549. The van der Waals surface area contributed by atoms with Crippen LogP contribution in [-0.4, -0.2) is 14.8 Å². The van der Waals surface area contributed by atoms with Gasteiger partial charge in [-0.15, -0.1) is 10.2 Å². The van der Waals surface area contributed by atoms with Gasteiger partial charge in [0.05, 0.1) is 6.04 Å². The summed E-state index contributed by atoms with van der Waals surface area (Å²) in [4.78, 5) is 0. The summed E-state index contributed by atoms with van der Waals surface area (Å²) in [7, 11) is 0. The van der Waals surface area contributed by atoms with Crippen molar-refractivity contribution in [3.8, 4) is 0 Å². The largest absolute Gasteiger partial charge is 0.308 e. The lowest BCUT2D eigenvalue weighted by Gasteiger charge is -2.18. The van der Waals surface area contributed by atoms with Crippen molar-refractivity contribution in [3.63, 3.8) is 0 Å². The summed E-state index contributed by atoms with van der Waals surface area (Å²) >= 11 is 0. The first-order valence-electron chi connectivity index (χ1n) is 5.89. The molecule has 0 atom stereocenters. The zero-order chi connectivity index (χ0) is 12.2. The molecule has 2 aromatic carbocycles. The molecule has 18 heavy (non-hydrogen) atoms. The maximum atomic E-state index is 3.91. The summed E-state index contributed by atoms with van der Waals surface area (Å²) in [6.45, 7) is 0. The van der Waals surface area contributed by atoms with Crippen LogP contribution < -0.4 is 0 Å². The first kappa shape index (κ1) is 10.7. The minimum Gasteiger partial charge on any atom is -0.308 e. The average molecular weight is 235 g/mol. The van der Waals surface area contributed by atoms with E-state index < -0.39 is 0 Å². The van der Waals surface area contributed by atoms with Gasteiger partial charge < -0.3 is 4.57 Å². The van der Waals surface area contributed by atoms with E-state index in [0.29, 0.717) is 0 Å². The van der Waals surface area contributed by atoms with Crippen molar-refractivity contribution in [1.29, 1.82) is 0 Å². The summed E-state index contributed by atoms with van der Waals surface area (Å²) in [5.74, 6) is 0. The van der Waals surface area contributed by atoms with Crippen LogP contribution in [0.4, 0.5) is 0 Å². The predicted molar refractivity (Wildman–Crippen MR) is 70.1 cm³/mol. The molecule has 88 valence electrons. The van der Waals surface area contributed by atoms with Gasteiger partial charge in [-0.25, -0.2) is 0 Å². The topological polar surface area (TPSA) is 30.7 Å². The number of aromatic nitrogens is 3. The molecule has 3 heteroatoms. The Balaban J connectivity index is 2.11. The van der Waals surface area contributed by atoms with Crippen LogP contribution in [0.15, 0.2) is 73.3 Å². The van der Waals surface area contributed by atoms with Gasteiger partial charge in [0.15, 0.2) is 0 Å². The fourth-order valence-electron chi connectivity index (χ4n) is 2.15. The lowest BCUT2D eigenvalue weighted by Crippen LogP contribution is -2.10. The molecule has 0 unspecified atom stereocenters. The van der Waals surface area contributed by atoms with Crippen molar-refractivity contribution in [2.24, 2.45) is 0 Å². The van der Waals surface area contributed by atoms with E-state index >= 15 is 0 Å². The van der Waals surface area contributed by atoms with Crippen molar-refractivity contribution in [3.05, 3.63) is 84.4 Å². The van der Waals surface area contributed by atoms with Crippen LogP contribution in [0.2, 0.25) is 0 Å². The van der Waals surface area contributed by atoms with E-state index in [2.05, 4.69) is 58.7 Å². The Kier molecular flexibility index (Phi) is 2.88. The molecule has 1 aromatic heterocycles. The fraction of sp³-hybridized carbons (Fsp3) is 0.0667. The first-order valence-corrected chi connectivity index (χ1v) is 5.89. The first-order chi connectivity index (χ1) is 8.95. The molecule has 0 aliphatic heterocycles. The summed E-state index contributed by atoms with van der Waals surface area (Å²) < 4.78 is 2.02. The Morgan fingerprint density at radius 1 is 0.667 bits per heavy atom. The molecule has 3 nitrogen and oxygen atoms in total. The quantitative estimate of drug-likeness (QED) is 0.698. The van der Waals surface area contributed by atoms with Crippen LogP contribution in [-0.2, 0) is 0 Å². The van der Waals surface area contributed by atoms with Crippen molar-refractivity contribution in [1.82, 2.24) is 14.8 Å². The van der Waals surface area contributed by atoms with Crippen molar-refractivity contribution >= 4 is 0 Å². The van der Waals surface area contributed by atoms with Gasteiger partial charge in [-0.2, -0.15) is 0 Å². The third-order valence-electron chi connectivity index (χ3n) is 2.97. The van der Waals surface area contributed by atoms with Gasteiger partial charge >= 0.3 is 0 Å². The van der Waals surface area contributed by atoms with Gasteiger partial charge in [-0.05, 0) is 11.1 Å². The van der Waals surface area contributed by atoms with E-state index in [4.69, 9.17) is 0 Å². The molecule has 0 saturated carbocycles. The fourth-order valence-corrected chi connectivity index (χ4v) is 2.15. The maximum Gasteiger partial charge on any atom is 0.120 e. The van der Waals surface area contributed by atoms with Crippen molar-refractivity contribution < 1.29 is 0 Å². The zero-order valence-corrected chi connectivity index (χ0v) is 9.85. The van der Waals surface area contributed by atoms with Crippen molar-refractivity contribution in [2.75, 3.05) is 0 Å². The third kappa shape index (κ3) is 2.02. The van der Waals surface area contributed by atoms with Gasteiger partial charge in [-0.1, -0.05) is 60.7 Å². The number of hydrogen-bond donors (Lipinski definition) is 0. The third-order valence-corrected chi connectivity index (χ3v) is 2.97. The number of rotatable bonds is 3. The second-order valence-electron chi connectivity index (χ2n) is 4.13. The van der Waals surface area contributed by atoms with Gasteiger partial charge in [-0.3, -0.25) is 0 Å². The normalized spacial score (nSPS) is 10.7. The SMILES string of the molecule is c1ccc(C(c2ccccc2)n2cnnc2)cc1. The molecule has 0 saturated heterocycles. The van der Waals surface area contributed by atoms with E-state index in [1.165, 1.54) is 11.1 Å². The van der Waals surface area contributed by atoms with Crippen molar-refractivity contribution in [2.45, 2.75) is 6.04 Å².